The van der Waals surface area contributed by atoms with E-state index in [-0.39, 0.29) is 12.2 Å². The smallest absolute Gasteiger partial charge is 0.242 e. The second-order valence-electron chi connectivity index (χ2n) is 8.49. The lowest BCUT2D eigenvalue weighted by atomic mass is 10.1. The molecule has 2 fully saturated rings. The van der Waals surface area contributed by atoms with Crippen LogP contribution in [0, 0.1) is 23.7 Å². The highest BCUT2D eigenvalue weighted by molar-refractivity contribution is 5.97. The molecule has 2 aliphatic rings. The maximum atomic E-state index is 12.8. The van der Waals surface area contributed by atoms with E-state index in [0.29, 0.717) is 59.8 Å². The van der Waals surface area contributed by atoms with Crippen molar-refractivity contribution < 1.29 is 21.1 Å². The van der Waals surface area contributed by atoms with Gasteiger partial charge in [-0.1, -0.05) is 12.0 Å². The van der Waals surface area contributed by atoms with Crippen LogP contribution < -0.4 is 10.6 Å². The number of nitrogens with one attached hydrogen (secondary N) is 2. The first-order chi connectivity index (χ1) is 18.3. The van der Waals surface area contributed by atoms with Gasteiger partial charge in [-0.05, 0) is 30.0 Å². The van der Waals surface area contributed by atoms with Crippen LogP contribution in [0.15, 0.2) is 30.6 Å². The first-order valence-corrected chi connectivity index (χ1v) is 11.5. The van der Waals surface area contributed by atoms with Crippen molar-refractivity contribution in [1.82, 2.24) is 25.1 Å². The summed E-state index contributed by atoms with van der Waals surface area (Å²) in [6.07, 6.45) is 0.645. The molecule has 5 rings (SSSR count). The third-order valence-electron chi connectivity index (χ3n) is 6.01. The van der Waals surface area contributed by atoms with Crippen LogP contribution >= 0.6 is 0 Å². The number of anilines is 2. The molecule has 2 N–H and O–H groups in total. The number of alkyl halides is 2. The Labute approximate surface area is 209 Å². The lowest BCUT2D eigenvalue weighted by Gasteiger charge is -2.26. The summed E-state index contributed by atoms with van der Waals surface area (Å²) < 4.78 is 48.0. The molecule has 0 spiro atoms. The Balaban J connectivity index is 1.38. The zero-order chi connectivity index (χ0) is 26.9. The fraction of sp³-hybridized carbons (Fsp3) is 0.400. The van der Waals surface area contributed by atoms with Crippen LogP contribution in [0.4, 0.5) is 20.4 Å². The summed E-state index contributed by atoms with van der Waals surface area (Å²) in [5.41, 5.74) is 1.78. The van der Waals surface area contributed by atoms with Gasteiger partial charge in [-0.25, -0.2) is 18.7 Å². The van der Waals surface area contributed by atoms with Gasteiger partial charge in [-0.15, -0.1) is 10.2 Å². The number of hydrogen-bond acceptors (Lipinski definition) is 8. The Morgan fingerprint density at radius 1 is 1.25 bits per heavy atom. The zero-order valence-corrected chi connectivity index (χ0v) is 19.5. The second-order valence-corrected chi connectivity index (χ2v) is 8.49. The highest BCUT2D eigenvalue weighted by Gasteiger charge is 2.49. The molecule has 3 aromatic rings. The molecule has 4 heterocycles. The first kappa shape index (κ1) is 21.5. The van der Waals surface area contributed by atoms with Crippen LogP contribution in [0.2, 0.25) is 0 Å². The summed E-state index contributed by atoms with van der Waals surface area (Å²) >= 11 is 0. The number of rotatable bonds is 6. The van der Waals surface area contributed by atoms with Crippen molar-refractivity contribution in [2.45, 2.75) is 19.3 Å². The van der Waals surface area contributed by atoms with Crippen molar-refractivity contribution in [2.75, 3.05) is 44.0 Å². The van der Waals surface area contributed by atoms with E-state index in [2.05, 4.69) is 42.6 Å². The second kappa shape index (κ2) is 10.5. The minimum Gasteiger partial charge on any atom is -0.379 e. The molecule has 1 aliphatic carbocycles. The normalized spacial score (nSPS) is 20.8. The molecule has 1 saturated heterocycles. The molecule has 36 heavy (non-hydrogen) atoms. The number of nitrogens with zero attached hydrogens (tertiary/aromatic N) is 5. The van der Waals surface area contributed by atoms with E-state index in [9.17, 15) is 13.6 Å². The third-order valence-corrected chi connectivity index (χ3v) is 6.01. The van der Waals surface area contributed by atoms with Gasteiger partial charge >= 0.3 is 0 Å². The highest BCUT2D eigenvalue weighted by atomic mass is 19.3. The Morgan fingerprint density at radius 2 is 2.08 bits per heavy atom. The average Bonchev–Trinajstić information content (AvgIpc) is 3.74. The predicted molar refractivity (Wildman–Crippen MR) is 129 cm³/mol. The van der Waals surface area contributed by atoms with Gasteiger partial charge in [0.1, 0.15) is 11.2 Å². The number of pyridine rings is 2. The van der Waals surface area contributed by atoms with Crippen molar-refractivity contribution in [3.05, 3.63) is 47.4 Å². The summed E-state index contributed by atoms with van der Waals surface area (Å²) in [6.45, 7) is 0.280. The fourth-order valence-electron chi connectivity index (χ4n) is 3.91. The molecular weight excluding hydrogens is 468 g/mol. The molecule has 0 unspecified atom stereocenters. The molecule has 1 amide bonds. The van der Waals surface area contributed by atoms with E-state index in [1.165, 1.54) is 6.20 Å². The average molecular weight is 496 g/mol. The minimum absolute atomic E-state index is 0.131. The summed E-state index contributed by atoms with van der Waals surface area (Å²) in [4.78, 5) is 22.7. The molecule has 2 atom stereocenters. The van der Waals surface area contributed by atoms with E-state index in [1.54, 1.807) is 36.3 Å². The number of halogens is 2. The van der Waals surface area contributed by atoms with Crippen LogP contribution in [0.5, 0.6) is 0 Å². The monoisotopic (exact) mass is 495 g/mol. The molecule has 1 saturated carbocycles. The molecule has 9 nitrogen and oxygen atoms in total. The van der Waals surface area contributed by atoms with Crippen molar-refractivity contribution in [3.8, 4) is 11.8 Å². The van der Waals surface area contributed by atoms with Crippen molar-refractivity contribution in [2.24, 2.45) is 11.8 Å². The van der Waals surface area contributed by atoms with Gasteiger partial charge in [0.25, 0.3) is 0 Å². The van der Waals surface area contributed by atoms with E-state index >= 15 is 0 Å². The summed E-state index contributed by atoms with van der Waals surface area (Å²) in [6, 6.07) is 4.90. The van der Waals surface area contributed by atoms with Gasteiger partial charge in [0.05, 0.1) is 18.8 Å². The number of carbonyl (C=O) groups excluding carboxylic acids is 1. The van der Waals surface area contributed by atoms with Gasteiger partial charge in [0.15, 0.2) is 11.6 Å². The van der Waals surface area contributed by atoms with Crippen LogP contribution in [0.25, 0.3) is 10.9 Å². The van der Waals surface area contributed by atoms with E-state index < -0.39 is 30.7 Å². The van der Waals surface area contributed by atoms with Gasteiger partial charge in [0, 0.05) is 59.0 Å². The zero-order valence-electron chi connectivity index (χ0n) is 21.5. The van der Waals surface area contributed by atoms with Crippen LogP contribution in [-0.4, -0.2) is 70.7 Å². The minimum atomic E-state index is -2.53. The highest BCUT2D eigenvalue weighted by Crippen LogP contribution is 2.43. The molecule has 1 aliphatic heterocycles. The number of morpholine rings is 1. The van der Waals surface area contributed by atoms with Gasteiger partial charge in [-0.2, -0.15) is 0 Å². The Hall–Kier alpha value is -3.75. The lowest BCUT2D eigenvalue weighted by molar-refractivity contribution is -0.118. The van der Waals surface area contributed by atoms with Gasteiger partial charge < -0.3 is 15.4 Å². The Kier molecular flexibility index (Phi) is 6.26. The topological polar surface area (TPSA) is 105 Å². The van der Waals surface area contributed by atoms with Gasteiger partial charge in [-0.3, -0.25) is 9.69 Å². The number of fused-ring (bicyclic) bond motifs is 1. The van der Waals surface area contributed by atoms with E-state index in [4.69, 9.17) is 7.48 Å². The van der Waals surface area contributed by atoms with Crippen molar-refractivity contribution in [3.63, 3.8) is 0 Å². The number of ether oxygens (including phenoxy) is 1. The molecule has 3 aromatic heterocycles. The first-order valence-electron chi connectivity index (χ1n) is 12.5. The Morgan fingerprint density at radius 3 is 2.78 bits per heavy atom. The largest absolute Gasteiger partial charge is 0.379 e. The summed E-state index contributed by atoms with van der Waals surface area (Å²) in [7, 11) is 1.68. The maximum Gasteiger partial charge on any atom is 0.242 e. The molecule has 0 radical (unpaired) electrons. The van der Waals surface area contributed by atoms with E-state index in [1.807, 2.05) is 0 Å². The summed E-state index contributed by atoms with van der Waals surface area (Å²) in [5, 5.41) is 14.2. The number of amides is 1. The van der Waals surface area contributed by atoms with Crippen molar-refractivity contribution in [1.29, 1.82) is 0 Å². The number of hydrogen-bond donors (Lipinski definition) is 2. The van der Waals surface area contributed by atoms with Crippen LogP contribution in [-0.2, 0) is 16.0 Å². The number of aromatic nitrogens is 4. The SMILES string of the molecule is [2H]C([2H])(c1ccc(C#Cc2cnc(NC)c3nnc(NC(=O)[C@H]4C[C@H]4C(F)F)cc23)nc1)N1CCOCC1. The third kappa shape index (κ3) is 5.40. The standard InChI is InChI=1S/C25H25F2N7O2/c1-28-24-22-18(11-21(32-33-22)31-25(35)20-10-19(20)23(26)27)16(13-30-24)3-5-17-4-2-15(12-29-17)14-34-6-8-36-9-7-34/h2,4,11-13,19-20,23H,6-10,14H2,1H3,(H,28,30)(H,31,32,35)/t19-,20+/m1/s1/i14D2. The van der Waals surface area contributed by atoms with Crippen LogP contribution in [0.1, 0.15) is 26.0 Å². The van der Waals surface area contributed by atoms with Crippen molar-refractivity contribution >= 4 is 28.4 Å². The molecular formula is C25H25F2N7O2. The van der Waals surface area contributed by atoms with Crippen LogP contribution in [0.3, 0.4) is 0 Å². The molecule has 0 aromatic carbocycles. The Bertz CT molecular complexity index is 1410. The lowest BCUT2D eigenvalue weighted by Crippen LogP contribution is -2.35. The fourth-order valence-corrected chi connectivity index (χ4v) is 3.91. The maximum absolute atomic E-state index is 12.8. The van der Waals surface area contributed by atoms with E-state index in [0.717, 1.165) is 0 Å². The van der Waals surface area contributed by atoms with Gasteiger partial charge in [0.2, 0.25) is 12.3 Å². The summed E-state index contributed by atoms with van der Waals surface area (Å²) in [5.74, 6) is 4.39. The predicted octanol–water partition coefficient (Wildman–Crippen LogP) is 2.53. The quantitative estimate of drug-likeness (QED) is 0.503. The molecule has 11 heteroatoms. The number of carbonyl (C=O) groups is 1. The molecule has 0 bridgehead atoms. The molecule has 186 valence electrons.